The molecule has 10 heteroatoms. The van der Waals surface area contributed by atoms with Gasteiger partial charge in [0.15, 0.2) is 6.10 Å². The number of quaternary nitrogens is 1. The first kappa shape index (κ1) is 85.4. The van der Waals surface area contributed by atoms with Crippen LogP contribution in [0.5, 0.6) is 0 Å². The highest BCUT2D eigenvalue weighted by Crippen LogP contribution is 2.43. The number of phosphoric acid groups is 1. The second kappa shape index (κ2) is 68.7. The predicted octanol–water partition coefficient (Wildman–Crippen LogP) is 23.7. The van der Waals surface area contributed by atoms with Crippen LogP contribution in [0.4, 0.5) is 0 Å². The molecule has 0 rings (SSSR count). The van der Waals surface area contributed by atoms with Crippen LogP contribution >= 0.6 is 7.82 Å². The molecule has 0 saturated carbocycles. The fraction of sp³-hybridized carbons (Fsp3) is 0.625. The molecule has 510 valence electrons. The van der Waals surface area contributed by atoms with E-state index >= 15 is 0 Å². The van der Waals surface area contributed by atoms with Gasteiger partial charge in [-0.1, -0.05) is 300 Å². The number of hydrogen-bond acceptors (Lipinski definition) is 7. The van der Waals surface area contributed by atoms with Gasteiger partial charge in [0.25, 0.3) is 0 Å². The molecule has 0 bridgehead atoms. The van der Waals surface area contributed by atoms with Crippen LogP contribution in [0.3, 0.4) is 0 Å². The number of rotatable bonds is 64. The standard InChI is InChI=1S/C80H132NO8P/c1-6-8-10-12-14-16-18-20-22-24-26-28-30-32-34-36-37-38-39-40-41-42-43-45-46-48-50-52-54-56-58-60-62-64-66-68-70-72-79(82)86-76-78(77-88-90(84,85)87-75-74-81(3,4)5)89-80(83)73-71-69-67-65-63-61-59-57-55-53-51-49-47-44-35-33-31-29-27-25-23-21-19-17-15-13-11-9-7-2/h8-11,14-17,20-23,26-29,32-35,37-38,47,49,53,55,59,61,78H,6-7,12-13,18-19,24-25,30-31,36,39-46,48,50-52,54,56-58,60,62-77H2,1-5H3/p+1/b10-8-,11-9-,16-14-,17-15-,22-20-,23-21-,28-26-,29-27-,34-32-,35-33-,38-37-,49-47-,55-53-,61-59-. The number of carbonyl (C=O) groups is 2. The van der Waals surface area contributed by atoms with Gasteiger partial charge in [-0.3, -0.25) is 18.6 Å². The monoisotopic (exact) mass is 1270 g/mol. The van der Waals surface area contributed by atoms with E-state index in [4.69, 9.17) is 18.5 Å². The second-order valence-corrected chi connectivity index (χ2v) is 26.0. The van der Waals surface area contributed by atoms with Gasteiger partial charge in [-0.25, -0.2) is 4.57 Å². The topological polar surface area (TPSA) is 108 Å². The Bertz CT molecular complexity index is 2130. The third-order valence-corrected chi connectivity index (χ3v) is 15.7. The lowest BCUT2D eigenvalue weighted by molar-refractivity contribution is -0.870. The van der Waals surface area contributed by atoms with Crippen molar-refractivity contribution in [1.29, 1.82) is 0 Å². The first-order chi connectivity index (χ1) is 44.0. The van der Waals surface area contributed by atoms with E-state index in [2.05, 4.69) is 184 Å². The van der Waals surface area contributed by atoms with Gasteiger partial charge < -0.3 is 18.9 Å². The van der Waals surface area contributed by atoms with Gasteiger partial charge in [0.05, 0.1) is 27.7 Å². The number of esters is 2. The number of ether oxygens (including phenoxy) is 2. The average Bonchev–Trinajstić information content (AvgIpc) is 3.58. The van der Waals surface area contributed by atoms with Gasteiger partial charge in [0, 0.05) is 12.8 Å². The van der Waals surface area contributed by atoms with E-state index in [1.54, 1.807) is 0 Å². The number of allylic oxidation sites excluding steroid dienone is 28. The molecule has 1 N–H and O–H groups in total. The van der Waals surface area contributed by atoms with Crippen molar-refractivity contribution < 1.29 is 42.1 Å². The Labute approximate surface area is 553 Å². The Kier molecular flexibility index (Phi) is 65.2. The Hall–Kier alpha value is -4.63. The van der Waals surface area contributed by atoms with Crippen LogP contribution in [0.1, 0.15) is 271 Å². The maximum absolute atomic E-state index is 12.9. The molecule has 0 amide bonds. The van der Waals surface area contributed by atoms with Crippen molar-refractivity contribution in [3.63, 3.8) is 0 Å². The number of carbonyl (C=O) groups excluding carboxylic acids is 2. The summed E-state index contributed by atoms with van der Waals surface area (Å²) in [7, 11) is 1.44. The van der Waals surface area contributed by atoms with E-state index in [-0.39, 0.29) is 32.0 Å². The number of phosphoric ester groups is 1. The first-order valence-electron chi connectivity index (χ1n) is 35.9. The van der Waals surface area contributed by atoms with Crippen molar-refractivity contribution in [2.75, 3.05) is 47.5 Å². The normalized spacial score (nSPS) is 14.2. The molecule has 0 saturated heterocycles. The fourth-order valence-electron chi connectivity index (χ4n) is 9.33. The summed E-state index contributed by atoms with van der Waals surface area (Å²) in [6, 6.07) is 0. The van der Waals surface area contributed by atoms with Crippen LogP contribution < -0.4 is 0 Å². The summed E-state index contributed by atoms with van der Waals surface area (Å²) >= 11 is 0. The zero-order chi connectivity index (χ0) is 65.5. The molecule has 90 heavy (non-hydrogen) atoms. The summed E-state index contributed by atoms with van der Waals surface area (Å²) in [6.07, 6.45) is 105. The fourth-order valence-corrected chi connectivity index (χ4v) is 10.1. The van der Waals surface area contributed by atoms with E-state index in [9.17, 15) is 19.0 Å². The summed E-state index contributed by atoms with van der Waals surface area (Å²) in [4.78, 5) is 35.9. The average molecular weight is 1270 g/mol. The van der Waals surface area contributed by atoms with Crippen molar-refractivity contribution in [3.05, 3.63) is 170 Å². The lowest BCUT2D eigenvalue weighted by Crippen LogP contribution is -2.37. The number of unbranched alkanes of at least 4 members (excludes halogenated alkanes) is 22. The molecule has 0 radical (unpaired) electrons. The van der Waals surface area contributed by atoms with Crippen molar-refractivity contribution in [3.8, 4) is 0 Å². The van der Waals surface area contributed by atoms with E-state index in [1.165, 1.54) is 103 Å². The van der Waals surface area contributed by atoms with Crippen LogP contribution in [0.15, 0.2) is 170 Å². The highest BCUT2D eigenvalue weighted by molar-refractivity contribution is 7.47. The Morgan fingerprint density at radius 3 is 0.889 bits per heavy atom. The Balaban J connectivity index is 4.10. The molecule has 0 aliphatic heterocycles. The van der Waals surface area contributed by atoms with Gasteiger partial charge in [-0.2, -0.15) is 0 Å². The highest BCUT2D eigenvalue weighted by atomic mass is 31.2. The van der Waals surface area contributed by atoms with Gasteiger partial charge in [0.1, 0.15) is 19.8 Å². The SMILES string of the molecule is CC/C=C\C/C=C\C/C=C\C/C=C\C/C=C\C/C=C\C/C=C\C/C=C\CCCCCCC(=O)OC(COC(=O)CCCCCCCCCCCCCCCCCCCC/C=C\C/C=C\C/C=C\C/C=C\C/C=C\C/C=C\CC)COP(=O)(O)OCC[N+](C)(C)C. The largest absolute Gasteiger partial charge is 0.472 e. The third-order valence-electron chi connectivity index (χ3n) is 14.7. The van der Waals surface area contributed by atoms with Gasteiger partial charge in [0.2, 0.25) is 0 Å². The van der Waals surface area contributed by atoms with Crippen LogP contribution in [0, 0.1) is 0 Å². The van der Waals surface area contributed by atoms with Crippen LogP contribution in [-0.4, -0.2) is 74.9 Å². The van der Waals surface area contributed by atoms with Crippen molar-refractivity contribution in [1.82, 2.24) is 0 Å². The van der Waals surface area contributed by atoms with Crippen LogP contribution in [0.25, 0.3) is 0 Å². The van der Waals surface area contributed by atoms with Gasteiger partial charge in [-0.05, 0) is 128 Å². The summed E-state index contributed by atoms with van der Waals surface area (Å²) in [5.41, 5.74) is 0. The molecule has 0 spiro atoms. The molecule has 2 atom stereocenters. The zero-order valence-corrected chi connectivity index (χ0v) is 58.9. The van der Waals surface area contributed by atoms with Gasteiger partial charge in [-0.15, -0.1) is 0 Å². The summed E-state index contributed by atoms with van der Waals surface area (Å²) < 4.78 is 34.7. The minimum absolute atomic E-state index is 0.0185. The summed E-state index contributed by atoms with van der Waals surface area (Å²) in [5.74, 6) is -0.831. The highest BCUT2D eigenvalue weighted by Gasteiger charge is 2.27. The van der Waals surface area contributed by atoms with E-state index in [0.29, 0.717) is 17.4 Å². The third kappa shape index (κ3) is 72.4. The van der Waals surface area contributed by atoms with E-state index < -0.39 is 26.5 Å². The van der Waals surface area contributed by atoms with Crippen LogP contribution in [0.2, 0.25) is 0 Å². The maximum atomic E-state index is 12.9. The summed E-state index contributed by atoms with van der Waals surface area (Å²) in [6.45, 7) is 4.17. The lowest BCUT2D eigenvalue weighted by Gasteiger charge is -2.24. The Morgan fingerprint density at radius 2 is 0.600 bits per heavy atom. The molecule has 0 aromatic carbocycles. The number of hydrogen-bond donors (Lipinski definition) is 1. The lowest BCUT2D eigenvalue weighted by atomic mass is 10.0. The smallest absolute Gasteiger partial charge is 0.462 e. The summed E-state index contributed by atoms with van der Waals surface area (Å²) in [5, 5.41) is 0. The minimum atomic E-state index is -4.41. The molecular formula is C80H133NO8P+. The van der Waals surface area contributed by atoms with Crippen molar-refractivity contribution in [2.24, 2.45) is 0 Å². The second-order valence-electron chi connectivity index (χ2n) is 24.5. The molecule has 0 aromatic rings. The molecule has 9 nitrogen and oxygen atoms in total. The predicted molar refractivity (Wildman–Crippen MR) is 389 cm³/mol. The molecule has 0 aromatic heterocycles. The molecule has 0 aliphatic carbocycles. The van der Waals surface area contributed by atoms with Gasteiger partial charge >= 0.3 is 19.8 Å². The zero-order valence-electron chi connectivity index (χ0n) is 58.1. The van der Waals surface area contributed by atoms with E-state index in [0.717, 1.165) is 135 Å². The molecular weight excluding hydrogens is 1130 g/mol. The molecule has 0 aliphatic rings. The number of likely N-dealkylation sites (N-methyl/N-ethyl adjacent to an activating group) is 1. The number of nitrogens with zero attached hydrogens (tertiary/aromatic N) is 1. The Morgan fingerprint density at radius 1 is 0.344 bits per heavy atom. The molecule has 0 fully saturated rings. The molecule has 0 heterocycles. The van der Waals surface area contributed by atoms with Crippen molar-refractivity contribution in [2.45, 2.75) is 277 Å². The van der Waals surface area contributed by atoms with Crippen molar-refractivity contribution >= 4 is 19.8 Å². The van der Waals surface area contributed by atoms with E-state index in [1.807, 2.05) is 21.1 Å². The minimum Gasteiger partial charge on any atom is -0.462 e. The maximum Gasteiger partial charge on any atom is 0.472 e. The first-order valence-corrected chi connectivity index (χ1v) is 37.4. The van der Waals surface area contributed by atoms with Crippen LogP contribution in [-0.2, 0) is 32.7 Å². The quantitative estimate of drug-likeness (QED) is 0.0211. The molecule has 2 unspecified atom stereocenters.